The van der Waals surface area contributed by atoms with E-state index in [1.54, 1.807) is 21.6 Å². The molecular weight excluding hydrogens is 364 g/mol. The highest BCUT2D eigenvalue weighted by molar-refractivity contribution is 6.31. The number of halogens is 1. The van der Waals surface area contributed by atoms with E-state index in [1.807, 2.05) is 13.8 Å². The Morgan fingerprint density at radius 1 is 1.30 bits per heavy atom. The molecule has 1 amide bonds. The molecule has 0 radical (unpaired) electrons. The van der Waals surface area contributed by atoms with E-state index in [4.69, 9.17) is 11.6 Å². The zero-order valence-electron chi connectivity index (χ0n) is 16.6. The number of aromatic nitrogens is 4. The summed E-state index contributed by atoms with van der Waals surface area (Å²) in [6, 6.07) is 1.97. The molecule has 0 bridgehead atoms. The Labute approximate surface area is 165 Å². The fraction of sp³-hybridized carbons (Fsp3) is 0.632. The summed E-state index contributed by atoms with van der Waals surface area (Å²) < 4.78 is 3.50. The predicted molar refractivity (Wildman–Crippen MR) is 106 cm³/mol. The van der Waals surface area contributed by atoms with Gasteiger partial charge in [0.2, 0.25) is 0 Å². The second-order valence-corrected chi connectivity index (χ2v) is 8.13. The summed E-state index contributed by atoms with van der Waals surface area (Å²) in [6.07, 6.45) is 6.41. The second kappa shape index (κ2) is 8.44. The van der Waals surface area contributed by atoms with Gasteiger partial charge in [-0.1, -0.05) is 24.4 Å². The largest absolute Gasteiger partial charge is 0.348 e. The van der Waals surface area contributed by atoms with Crippen LogP contribution in [0.2, 0.25) is 5.02 Å². The van der Waals surface area contributed by atoms with E-state index in [0.29, 0.717) is 23.3 Å². The van der Waals surface area contributed by atoms with E-state index in [9.17, 15) is 4.79 Å². The maximum Gasteiger partial charge on any atom is 0.272 e. The molecule has 1 fully saturated rings. The van der Waals surface area contributed by atoms with Crippen molar-refractivity contribution in [2.45, 2.75) is 52.2 Å². The van der Waals surface area contributed by atoms with Crippen LogP contribution in [-0.2, 0) is 6.67 Å². The monoisotopic (exact) mass is 392 g/mol. The minimum absolute atomic E-state index is 0.101. The van der Waals surface area contributed by atoms with Gasteiger partial charge in [-0.25, -0.2) is 4.68 Å². The number of amides is 1. The average Bonchev–Trinajstić information content (AvgIpc) is 3.18. The number of rotatable bonds is 6. The van der Waals surface area contributed by atoms with Crippen LogP contribution in [-0.4, -0.2) is 57.1 Å². The number of hydrogen-bond donors (Lipinski definition) is 1. The van der Waals surface area contributed by atoms with Crippen LogP contribution in [0.4, 0.5) is 0 Å². The van der Waals surface area contributed by atoms with Crippen molar-refractivity contribution in [3.8, 4) is 0 Å². The molecule has 1 saturated carbocycles. The van der Waals surface area contributed by atoms with Crippen molar-refractivity contribution >= 4 is 17.5 Å². The number of nitrogens with one attached hydrogen (secondary N) is 1. The summed E-state index contributed by atoms with van der Waals surface area (Å²) in [5.41, 5.74) is 2.13. The summed E-state index contributed by atoms with van der Waals surface area (Å²) in [5.74, 6) is 0.396. The summed E-state index contributed by atoms with van der Waals surface area (Å²) in [6.45, 7) is 5.23. The van der Waals surface area contributed by atoms with Gasteiger partial charge in [-0.15, -0.1) is 0 Å². The van der Waals surface area contributed by atoms with Crippen molar-refractivity contribution in [3.63, 3.8) is 0 Å². The molecule has 7 nitrogen and oxygen atoms in total. The lowest BCUT2D eigenvalue weighted by atomic mass is 9.84. The van der Waals surface area contributed by atoms with Crippen LogP contribution in [0, 0.1) is 19.8 Å². The molecule has 8 heteroatoms. The van der Waals surface area contributed by atoms with Crippen molar-refractivity contribution in [1.29, 1.82) is 0 Å². The zero-order chi connectivity index (χ0) is 19.6. The number of hydrogen-bond acceptors (Lipinski definition) is 4. The molecule has 2 unspecified atom stereocenters. The van der Waals surface area contributed by atoms with Crippen LogP contribution >= 0.6 is 11.6 Å². The maximum atomic E-state index is 12.7. The molecule has 0 saturated heterocycles. The first-order valence-electron chi connectivity index (χ1n) is 9.53. The Morgan fingerprint density at radius 2 is 2.04 bits per heavy atom. The van der Waals surface area contributed by atoms with Gasteiger partial charge in [0.05, 0.1) is 16.4 Å². The van der Waals surface area contributed by atoms with E-state index >= 15 is 0 Å². The van der Waals surface area contributed by atoms with E-state index in [1.165, 1.54) is 12.8 Å². The maximum absolute atomic E-state index is 12.7. The molecule has 1 aliphatic carbocycles. The van der Waals surface area contributed by atoms with Crippen LogP contribution in [0.5, 0.6) is 0 Å². The molecule has 0 spiro atoms. The smallest absolute Gasteiger partial charge is 0.272 e. The molecule has 27 heavy (non-hydrogen) atoms. The van der Waals surface area contributed by atoms with Gasteiger partial charge in [0.15, 0.2) is 0 Å². The van der Waals surface area contributed by atoms with Gasteiger partial charge >= 0.3 is 0 Å². The molecule has 2 heterocycles. The van der Waals surface area contributed by atoms with Gasteiger partial charge in [0, 0.05) is 18.8 Å². The number of nitrogens with zero attached hydrogens (tertiary/aromatic N) is 5. The van der Waals surface area contributed by atoms with Crippen molar-refractivity contribution in [2.75, 3.05) is 20.6 Å². The SMILES string of the molecule is Cc1nn(Cn2ccc(C(=O)NC3CCCCC3CN(C)C)n2)c(C)c1Cl. The standard InChI is InChI=1S/C19H29ClN6O/c1-13-18(20)14(2)26(22-13)12-25-10-9-17(23-25)19(27)21-16-8-6-5-7-15(16)11-24(3)4/h9-10,15-16H,5-8,11-12H2,1-4H3,(H,21,27). The quantitative estimate of drug-likeness (QED) is 0.820. The van der Waals surface area contributed by atoms with Crippen LogP contribution in [0.3, 0.4) is 0 Å². The Balaban J connectivity index is 1.64. The summed E-state index contributed by atoms with van der Waals surface area (Å²) in [5, 5.41) is 12.7. The first-order chi connectivity index (χ1) is 12.8. The van der Waals surface area contributed by atoms with Gasteiger partial charge in [-0.3, -0.25) is 9.48 Å². The molecule has 1 N–H and O–H groups in total. The molecule has 0 aliphatic heterocycles. The lowest BCUT2D eigenvalue weighted by molar-refractivity contribution is 0.0889. The van der Waals surface area contributed by atoms with Crippen LogP contribution in [0.15, 0.2) is 12.3 Å². The molecular formula is C19H29ClN6O. The Hall–Kier alpha value is -1.86. The highest BCUT2D eigenvalue weighted by Gasteiger charge is 2.27. The normalized spacial score (nSPS) is 20.2. The average molecular weight is 393 g/mol. The molecule has 2 atom stereocenters. The minimum atomic E-state index is -0.101. The molecule has 1 aliphatic rings. The third-order valence-electron chi connectivity index (χ3n) is 5.27. The minimum Gasteiger partial charge on any atom is -0.348 e. The highest BCUT2D eigenvalue weighted by atomic mass is 35.5. The number of carbonyl (C=O) groups is 1. The van der Waals surface area contributed by atoms with Gasteiger partial charge < -0.3 is 10.2 Å². The van der Waals surface area contributed by atoms with Gasteiger partial charge in [0.1, 0.15) is 12.4 Å². The zero-order valence-corrected chi connectivity index (χ0v) is 17.3. The fourth-order valence-electron chi connectivity index (χ4n) is 3.84. The lowest BCUT2D eigenvalue weighted by Crippen LogP contribution is -2.45. The fourth-order valence-corrected chi connectivity index (χ4v) is 3.97. The molecule has 2 aromatic rings. The van der Waals surface area contributed by atoms with E-state index in [2.05, 4.69) is 34.5 Å². The predicted octanol–water partition coefficient (Wildman–Crippen LogP) is 2.71. The Kier molecular flexibility index (Phi) is 6.22. The number of carbonyl (C=O) groups excluding carboxylic acids is 1. The highest BCUT2D eigenvalue weighted by Crippen LogP contribution is 2.25. The molecule has 3 rings (SSSR count). The van der Waals surface area contributed by atoms with Crippen molar-refractivity contribution in [1.82, 2.24) is 29.8 Å². The molecule has 0 aromatic carbocycles. The van der Waals surface area contributed by atoms with Crippen LogP contribution < -0.4 is 5.32 Å². The summed E-state index contributed by atoms with van der Waals surface area (Å²) in [7, 11) is 4.17. The Bertz CT molecular complexity index is 796. The Morgan fingerprint density at radius 3 is 2.70 bits per heavy atom. The second-order valence-electron chi connectivity index (χ2n) is 7.75. The summed E-state index contributed by atoms with van der Waals surface area (Å²) in [4.78, 5) is 14.9. The lowest BCUT2D eigenvalue weighted by Gasteiger charge is -2.33. The topological polar surface area (TPSA) is 68.0 Å². The summed E-state index contributed by atoms with van der Waals surface area (Å²) >= 11 is 6.20. The van der Waals surface area contributed by atoms with E-state index < -0.39 is 0 Å². The number of aryl methyl sites for hydroxylation is 1. The van der Waals surface area contributed by atoms with Crippen molar-refractivity contribution in [2.24, 2.45) is 5.92 Å². The van der Waals surface area contributed by atoms with Gasteiger partial charge in [0.25, 0.3) is 5.91 Å². The van der Waals surface area contributed by atoms with Crippen molar-refractivity contribution in [3.05, 3.63) is 34.4 Å². The third-order valence-corrected chi connectivity index (χ3v) is 5.82. The van der Waals surface area contributed by atoms with Gasteiger partial charge in [-0.05, 0) is 52.8 Å². The van der Waals surface area contributed by atoms with Gasteiger partial charge in [-0.2, -0.15) is 10.2 Å². The first-order valence-corrected chi connectivity index (χ1v) is 9.91. The third kappa shape index (κ3) is 4.71. The molecule has 2 aromatic heterocycles. The van der Waals surface area contributed by atoms with Crippen LogP contribution in [0.25, 0.3) is 0 Å². The molecule has 148 valence electrons. The van der Waals surface area contributed by atoms with Crippen LogP contribution in [0.1, 0.15) is 47.6 Å². The first kappa shape index (κ1) is 19.9. The van der Waals surface area contributed by atoms with Crippen molar-refractivity contribution < 1.29 is 4.79 Å². The van der Waals surface area contributed by atoms with E-state index in [0.717, 1.165) is 30.8 Å². The van der Waals surface area contributed by atoms with E-state index in [-0.39, 0.29) is 11.9 Å².